The van der Waals surface area contributed by atoms with Crippen molar-refractivity contribution in [2.24, 2.45) is 16.8 Å². The Kier molecular flexibility index (Phi) is 8.19. The number of likely N-dealkylation sites (N-methyl/N-ethyl adjacent to an activating group) is 2. The van der Waals surface area contributed by atoms with Gasteiger partial charge < -0.3 is 15.1 Å². The van der Waals surface area contributed by atoms with Crippen molar-refractivity contribution in [3.8, 4) is 0 Å². The van der Waals surface area contributed by atoms with Crippen molar-refractivity contribution in [3.05, 3.63) is 0 Å². The van der Waals surface area contributed by atoms with Crippen molar-refractivity contribution in [2.75, 3.05) is 53.4 Å². The van der Waals surface area contributed by atoms with Gasteiger partial charge in [0.25, 0.3) is 0 Å². The van der Waals surface area contributed by atoms with Crippen molar-refractivity contribution in [1.29, 1.82) is 0 Å². The molecule has 0 aromatic carbocycles. The van der Waals surface area contributed by atoms with E-state index in [1.54, 1.807) is 19.0 Å². The van der Waals surface area contributed by atoms with Crippen molar-refractivity contribution < 1.29 is 4.79 Å². The van der Waals surface area contributed by atoms with Crippen LogP contribution < -0.4 is 5.32 Å². The van der Waals surface area contributed by atoms with Crippen LogP contribution in [-0.4, -0.2) is 86.0 Å². The molecule has 2 fully saturated rings. The monoisotopic (exact) mass is 365 g/mol. The van der Waals surface area contributed by atoms with Crippen LogP contribution in [0, 0.1) is 11.8 Å². The Labute approximate surface area is 160 Å². The third-order valence-electron chi connectivity index (χ3n) is 5.65. The summed E-state index contributed by atoms with van der Waals surface area (Å²) in [4.78, 5) is 23.2. The molecule has 6 nitrogen and oxygen atoms in total. The molecule has 150 valence electrons. The van der Waals surface area contributed by atoms with Crippen LogP contribution in [-0.2, 0) is 4.79 Å². The van der Waals surface area contributed by atoms with E-state index in [0.717, 1.165) is 44.0 Å². The number of amides is 1. The van der Waals surface area contributed by atoms with E-state index in [9.17, 15) is 4.79 Å². The molecule has 0 aromatic rings. The smallest absolute Gasteiger partial charge is 0.243 e. The normalized spacial score (nSPS) is 24.5. The van der Waals surface area contributed by atoms with E-state index in [1.165, 1.54) is 32.2 Å². The summed E-state index contributed by atoms with van der Waals surface area (Å²) in [5, 5.41) is 3.60. The molecular formula is C20H39N5O. The lowest BCUT2D eigenvalue weighted by Crippen LogP contribution is -2.46. The Balaban J connectivity index is 1.97. The average molecular weight is 366 g/mol. The Morgan fingerprint density at radius 3 is 2.69 bits per heavy atom. The lowest BCUT2D eigenvalue weighted by Gasteiger charge is -2.27. The number of carbonyl (C=O) groups excluding carboxylic acids is 1. The molecule has 1 amide bonds. The zero-order valence-corrected chi connectivity index (χ0v) is 17.5. The summed E-state index contributed by atoms with van der Waals surface area (Å²) < 4.78 is 0. The highest BCUT2D eigenvalue weighted by atomic mass is 16.2. The lowest BCUT2D eigenvalue weighted by molar-refractivity contribution is -0.127. The number of hydrogen-bond donors (Lipinski definition) is 1. The van der Waals surface area contributed by atoms with E-state index in [2.05, 4.69) is 40.9 Å². The first-order chi connectivity index (χ1) is 12.4. The Morgan fingerprint density at radius 1 is 1.27 bits per heavy atom. The highest BCUT2D eigenvalue weighted by Crippen LogP contribution is 2.23. The van der Waals surface area contributed by atoms with Gasteiger partial charge in [0.2, 0.25) is 5.91 Å². The molecular weight excluding hydrogens is 326 g/mol. The van der Waals surface area contributed by atoms with Crippen LogP contribution >= 0.6 is 0 Å². The summed E-state index contributed by atoms with van der Waals surface area (Å²) in [5.41, 5.74) is 0. The second kappa shape index (κ2) is 10.1. The summed E-state index contributed by atoms with van der Waals surface area (Å²) in [5.74, 6) is 2.46. The molecule has 2 heterocycles. The molecule has 1 N–H and O–H groups in total. The standard InChI is InChI=1S/C20H39N5O/c1-6-24-10-7-8-18(24)13-21-20(22-14-19(26)23(4)5)25-11-9-17(15-25)12-16(2)3/h16-18H,6-15H2,1-5H3,(H,21,22). The summed E-state index contributed by atoms with van der Waals surface area (Å²) in [7, 11) is 3.58. The summed E-state index contributed by atoms with van der Waals surface area (Å²) in [6, 6.07) is 0.587. The van der Waals surface area contributed by atoms with Gasteiger partial charge in [0.05, 0.1) is 0 Å². The van der Waals surface area contributed by atoms with Crippen LogP contribution in [0.5, 0.6) is 0 Å². The quantitative estimate of drug-likeness (QED) is 0.553. The molecule has 0 aliphatic carbocycles. The minimum absolute atomic E-state index is 0.0540. The first-order valence-electron chi connectivity index (χ1n) is 10.4. The number of carbonyl (C=O) groups is 1. The molecule has 2 saturated heterocycles. The number of guanidine groups is 1. The molecule has 2 rings (SSSR count). The number of rotatable bonds is 7. The summed E-state index contributed by atoms with van der Waals surface area (Å²) >= 11 is 0. The molecule has 2 atom stereocenters. The van der Waals surface area contributed by atoms with E-state index in [-0.39, 0.29) is 12.5 Å². The van der Waals surface area contributed by atoms with Crippen LogP contribution in [0.2, 0.25) is 0 Å². The maximum absolute atomic E-state index is 12.0. The van der Waals surface area contributed by atoms with Gasteiger partial charge in [-0.05, 0) is 50.6 Å². The van der Waals surface area contributed by atoms with Crippen molar-refractivity contribution in [3.63, 3.8) is 0 Å². The minimum Gasteiger partial charge on any atom is -0.355 e. The Bertz CT molecular complexity index is 477. The van der Waals surface area contributed by atoms with Crippen LogP contribution in [0.25, 0.3) is 0 Å². The lowest BCUT2D eigenvalue weighted by atomic mass is 9.97. The maximum atomic E-state index is 12.0. The number of nitrogens with one attached hydrogen (secondary N) is 1. The molecule has 0 saturated carbocycles. The number of hydrogen-bond acceptors (Lipinski definition) is 3. The zero-order chi connectivity index (χ0) is 19.1. The largest absolute Gasteiger partial charge is 0.355 e. The van der Waals surface area contributed by atoms with Gasteiger partial charge >= 0.3 is 0 Å². The molecule has 2 aliphatic heterocycles. The zero-order valence-electron chi connectivity index (χ0n) is 17.5. The first kappa shape index (κ1) is 21.0. The van der Waals surface area contributed by atoms with E-state index < -0.39 is 0 Å². The van der Waals surface area contributed by atoms with Crippen LogP contribution in [0.1, 0.15) is 46.5 Å². The van der Waals surface area contributed by atoms with E-state index in [4.69, 9.17) is 0 Å². The topological polar surface area (TPSA) is 51.2 Å². The fraction of sp³-hybridized carbons (Fsp3) is 0.900. The fourth-order valence-electron chi connectivity index (χ4n) is 4.19. The van der Waals surface area contributed by atoms with Gasteiger partial charge in [-0.3, -0.25) is 9.69 Å². The second-order valence-electron chi connectivity index (χ2n) is 8.46. The first-order valence-corrected chi connectivity index (χ1v) is 10.4. The van der Waals surface area contributed by atoms with E-state index in [0.29, 0.717) is 6.04 Å². The van der Waals surface area contributed by atoms with Gasteiger partial charge in [0.15, 0.2) is 5.96 Å². The minimum atomic E-state index is 0.0540. The summed E-state index contributed by atoms with van der Waals surface area (Å²) in [6.07, 6.45) is 5.03. The molecule has 2 aliphatic rings. The highest BCUT2D eigenvalue weighted by molar-refractivity contribution is 5.85. The second-order valence-corrected chi connectivity index (χ2v) is 8.46. The van der Waals surface area contributed by atoms with Gasteiger partial charge in [-0.25, -0.2) is 4.99 Å². The van der Waals surface area contributed by atoms with Crippen LogP contribution in [0.3, 0.4) is 0 Å². The fourth-order valence-corrected chi connectivity index (χ4v) is 4.19. The van der Waals surface area contributed by atoms with Gasteiger partial charge in [-0.1, -0.05) is 20.8 Å². The summed E-state index contributed by atoms with van der Waals surface area (Å²) in [6.45, 7) is 12.4. The molecule has 0 radical (unpaired) electrons. The van der Waals surface area contributed by atoms with Crippen molar-refractivity contribution in [1.82, 2.24) is 20.0 Å². The number of nitrogens with zero attached hydrogens (tertiary/aromatic N) is 4. The molecule has 0 bridgehead atoms. The third kappa shape index (κ3) is 6.15. The van der Waals surface area contributed by atoms with E-state index in [1.807, 2.05) is 0 Å². The SMILES string of the molecule is CCN1CCCC1CNC(=NCC(=O)N(C)C)N1CCC(CC(C)C)C1. The molecule has 26 heavy (non-hydrogen) atoms. The predicted octanol–water partition coefficient (Wildman–Crippen LogP) is 1.87. The van der Waals surface area contributed by atoms with Crippen molar-refractivity contribution >= 4 is 11.9 Å². The Morgan fingerprint density at radius 2 is 2.04 bits per heavy atom. The average Bonchev–Trinajstić information content (AvgIpc) is 3.23. The highest BCUT2D eigenvalue weighted by Gasteiger charge is 2.28. The maximum Gasteiger partial charge on any atom is 0.243 e. The van der Waals surface area contributed by atoms with Gasteiger partial charge in [0, 0.05) is 39.8 Å². The Hall–Kier alpha value is -1.30. The molecule has 2 unspecified atom stereocenters. The van der Waals surface area contributed by atoms with Gasteiger partial charge in [-0.2, -0.15) is 0 Å². The number of likely N-dealkylation sites (tertiary alicyclic amines) is 2. The van der Waals surface area contributed by atoms with Gasteiger partial charge in [0.1, 0.15) is 6.54 Å². The predicted molar refractivity (Wildman–Crippen MR) is 108 cm³/mol. The number of aliphatic imine (C=N–C) groups is 1. The van der Waals surface area contributed by atoms with Crippen LogP contribution in [0.4, 0.5) is 0 Å². The molecule has 0 spiro atoms. The van der Waals surface area contributed by atoms with Crippen LogP contribution in [0.15, 0.2) is 4.99 Å². The van der Waals surface area contributed by atoms with E-state index >= 15 is 0 Å². The van der Waals surface area contributed by atoms with Crippen molar-refractivity contribution in [2.45, 2.75) is 52.5 Å². The molecule has 0 aromatic heterocycles. The molecule has 6 heteroatoms. The third-order valence-corrected chi connectivity index (χ3v) is 5.65. The van der Waals surface area contributed by atoms with Gasteiger partial charge in [-0.15, -0.1) is 0 Å².